The lowest BCUT2D eigenvalue weighted by Crippen LogP contribution is -2.39. The van der Waals surface area contributed by atoms with Gasteiger partial charge in [-0.1, -0.05) is 18.5 Å². The summed E-state index contributed by atoms with van der Waals surface area (Å²) in [5.74, 6) is 2.18. The molecule has 11 heteroatoms. The summed E-state index contributed by atoms with van der Waals surface area (Å²) < 4.78 is 26.9. The Hall–Kier alpha value is -2.72. The van der Waals surface area contributed by atoms with Gasteiger partial charge in [-0.15, -0.1) is 0 Å². The van der Waals surface area contributed by atoms with Gasteiger partial charge in [0.15, 0.2) is 5.82 Å². The van der Waals surface area contributed by atoms with Gasteiger partial charge < -0.3 is 10.2 Å². The smallest absolute Gasteiger partial charge is 0.233 e. The number of pyridine rings is 1. The highest BCUT2D eigenvalue weighted by Gasteiger charge is 2.31. The highest BCUT2D eigenvalue weighted by atomic mass is 35.5. The number of amidine groups is 1. The van der Waals surface area contributed by atoms with Gasteiger partial charge in [0.25, 0.3) is 0 Å². The summed E-state index contributed by atoms with van der Waals surface area (Å²) in [7, 11) is -1.75. The maximum atomic E-state index is 12.2. The molecular formula is C19H22ClN7O2S. The Bertz CT molecular complexity index is 1150. The number of halogens is 1. The van der Waals surface area contributed by atoms with Crippen LogP contribution in [0.1, 0.15) is 30.9 Å². The molecule has 2 aliphatic heterocycles. The third kappa shape index (κ3) is 3.84. The average molecular weight is 448 g/mol. The van der Waals surface area contributed by atoms with Crippen molar-refractivity contribution in [3.63, 3.8) is 0 Å². The Labute approximate surface area is 180 Å². The zero-order valence-corrected chi connectivity index (χ0v) is 18.3. The summed E-state index contributed by atoms with van der Waals surface area (Å²) in [6.07, 6.45) is 6.62. The van der Waals surface area contributed by atoms with Crippen molar-refractivity contribution in [2.45, 2.75) is 19.8 Å². The van der Waals surface area contributed by atoms with Gasteiger partial charge in [0.05, 0.1) is 10.8 Å². The highest BCUT2D eigenvalue weighted by molar-refractivity contribution is 7.92. The monoisotopic (exact) mass is 447 g/mol. The Balaban J connectivity index is 1.82. The molecule has 2 aromatic heterocycles. The Morgan fingerprint density at radius 1 is 1.30 bits per heavy atom. The normalized spacial score (nSPS) is 15.6. The van der Waals surface area contributed by atoms with Crippen molar-refractivity contribution in [1.29, 1.82) is 0 Å². The van der Waals surface area contributed by atoms with E-state index in [1.165, 1.54) is 6.20 Å². The first-order valence-electron chi connectivity index (χ1n) is 9.67. The fraction of sp³-hybridized carbons (Fsp3) is 0.368. The van der Waals surface area contributed by atoms with Gasteiger partial charge in [0.2, 0.25) is 16.0 Å². The van der Waals surface area contributed by atoms with Gasteiger partial charge in [-0.2, -0.15) is 4.98 Å². The van der Waals surface area contributed by atoms with Gasteiger partial charge in [-0.3, -0.25) is 9.71 Å². The second-order valence-corrected chi connectivity index (χ2v) is 9.15. The first-order valence-corrected chi connectivity index (χ1v) is 11.7. The summed E-state index contributed by atoms with van der Waals surface area (Å²) in [6.45, 7) is 3.26. The third-order valence-corrected chi connectivity index (χ3v) is 6.61. The van der Waals surface area contributed by atoms with Gasteiger partial charge in [0.1, 0.15) is 11.7 Å². The summed E-state index contributed by atoms with van der Waals surface area (Å²) in [6, 6.07) is 1.76. The van der Waals surface area contributed by atoms with Gasteiger partial charge in [-0.05, 0) is 25.0 Å². The van der Waals surface area contributed by atoms with Crippen LogP contribution >= 0.6 is 11.6 Å². The molecule has 0 radical (unpaired) electrons. The van der Waals surface area contributed by atoms with Gasteiger partial charge >= 0.3 is 0 Å². The van der Waals surface area contributed by atoms with Crippen LogP contribution in [0.4, 0.5) is 17.6 Å². The van der Waals surface area contributed by atoms with E-state index in [1.54, 1.807) is 26.2 Å². The standard InChI is InChI=1S/C19H22ClN7O2S/c1-3-9-30(28,29)26-16-15(20)13(5-7-22-16)14-10-12-11-24-19(21-2)25-17(12)27-8-4-6-23-18(14)27/h5,7,10-11H,3-4,6,8-9H2,1-2H3,(H,22,26)(H,21,24,25). The molecule has 0 fully saturated rings. The lowest BCUT2D eigenvalue weighted by atomic mass is 9.97. The molecule has 2 N–H and O–H groups in total. The number of sulfonamides is 1. The minimum absolute atomic E-state index is 0.00304. The molecular weight excluding hydrogens is 426 g/mol. The van der Waals surface area contributed by atoms with Gasteiger partial charge in [-0.25, -0.2) is 18.4 Å². The zero-order valence-electron chi connectivity index (χ0n) is 16.7. The van der Waals surface area contributed by atoms with Crippen molar-refractivity contribution in [3.8, 4) is 0 Å². The van der Waals surface area contributed by atoms with Crippen molar-refractivity contribution in [1.82, 2.24) is 15.0 Å². The first kappa shape index (κ1) is 20.5. The number of aromatic nitrogens is 3. The molecule has 0 atom stereocenters. The largest absolute Gasteiger partial charge is 0.357 e. The van der Waals surface area contributed by atoms with Crippen LogP contribution in [0.3, 0.4) is 0 Å². The van der Waals surface area contributed by atoms with E-state index in [-0.39, 0.29) is 16.6 Å². The van der Waals surface area contributed by atoms with Crippen LogP contribution in [-0.4, -0.2) is 55.1 Å². The summed E-state index contributed by atoms with van der Waals surface area (Å²) in [5.41, 5.74) is 2.27. The second kappa shape index (κ2) is 8.19. The molecule has 0 saturated carbocycles. The molecule has 0 aliphatic carbocycles. The quantitative estimate of drug-likeness (QED) is 0.699. The molecule has 0 saturated heterocycles. The minimum atomic E-state index is -3.52. The lowest BCUT2D eigenvalue weighted by Gasteiger charge is -2.34. The minimum Gasteiger partial charge on any atom is -0.357 e. The van der Waals surface area contributed by atoms with Crippen molar-refractivity contribution in [2.75, 3.05) is 40.8 Å². The van der Waals surface area contributed by atoms with E-state index in [1.807, 2.05) is 11.0 Å². The van der Waals surface area contributed by atoms with Crippen LogP contribution in [0.2, 0.25) is 5.02 Å². The number of fused-ring (bicyclic) bond motifs is 3. The number of anilines is 3. The number of hydrogen-bond acceptors (Lipinski definition) is 8. The van der Waals surface area contributed by atoms with Crippen LogP contribution in [-0.2, 0) is 10.0 Å². The summed E-state index contributed by atoms with van der Waals surface area (Å²) in [4.78, 5) is 19.8. The van der Waals surface area contributed by atoms with E-state index < -0.39 is 10.0 Å². The molecule has 0 bridgehead atoms. The van der Waals surface area contributed by atoms with Crippen LogP contribution < -0.4 is 14.9 Å². The maximum absolute atomic E-state index is 12.2. The molecule has 0 unspecified atom stereocenters. The Kier molecular flexibility index (Phi) is 5.61. The topological polar surface area (TPSA) is 112 Å². The molecule has 4 rings (SSSR count). The second-order valence-electron chi connectivity index (χ2n) is 6.93. The molecule has 2 aromatic rings. The van der Waals surface area contributed by atoms with Gasteiger partial charge in [0, 0.05) is 49.2 Å². The SMILES string of the molecule is CCCS(=O)(=O)Nc1nccc(C2=Cc3cnc(NC)nc3N3CCCN=C23)c1Cl. The molecule has 2 aliphatic rings. The summed E-state index contributed by atoms with van der Waals surface area (Å²) in [5, 5.41) is 3.19. The molecule has 0 aromatic carbocycles. The van der Waals surface area contributed by atoms with Crippen molar-refractivity contribution < 1.29 is 8.42 Å². The zero-order chi connectivity index (χ0) is 21.3. The van der Waals surface area contributed by atoms with Crippen LogP contribution in [0, 0.1) is 0 Å². The molecule has 9 nitrogen and oxygen atoms in total. The molecule has 30 heavy (non-hydrogen) atoms. The summed E-state index contributed by atoms with van der Waals surface area (Å²) >= 11 is 6.61. The van der Waals surface area contributed by atoms with Crippen LogP contribution in [0.25, 0.3) is 11.6 Å². The van der Waals surface area contributed by atoms with E-state index in [9.17, 15) is 8.42 Å². The number of nitrogens with zero attached hydrogens (tertiary/aromatic N) is 5. The van der Waals surface area contributed by atoms with Crippen molar-refractivity contribution in [3.05, 3.63) is 34.6 Å². The molecule has 4 heterocycles. The maximum Gasteiger partial charge on any atom is 0.233 e. The van der Waals surface area contributed by atoms with E-state index in [4.69, 9.17) is 16.6 Å². The number of nitrogens with one attached hydrogen (secondary N) is 2. The van der Waals surface area contributed by atoms with Crippen molar-refractivity contribution in [2.24, 2.45) is 4.99 Å². The van der Waals surface area contributed by atoms with E-state index in [0.717, 1.165) is 35.8 Å². The van der Waals surface area contributed by atoms with Crippen molar-refractivity contribution >= 4 is 56.7 Å². The molecule has 0 amide bonds. The fourth-order valence-electron chi connectivity index (χ4n) is 3.47. The van der Waals surface area contributed by atoms with E-state index in [0.29, 0.717) is 24.5 Å². The fourth-order valence-corrected chi connectivity index (χ4v) is 4.88. The number of rotatable bonds is 6. The number of aliphatic imine (C=N–C) groups is 1. The molecule has 0 spiro atoms. The average Bonchev–Trinajstić information content (AvgIpc) is 2.74. The van der Waals surface area contributed by atoms with E-state index >= 15 is 0 Å². The highest BCUT2D eigenvalue weighted by Crippen LogP contribution is 2.38. The van der Waals surface area contributed by atoms with Crippen LogP contribution in [0.15, 0.2) is 23.5 Å². The Morgan fingerprint density at radius 2 is 2.13 bits per heavy atom. The predicted molar refractivity (Wildman–Crippen MR) is 121 cm³/mol. The Morgan fingerprint density at radius 3 is 2.90 bits per heavy atom. The predicted octanol–water partition coefficient (Wildman–Crippen LogP) is 2.88. The molecule has 158 valence electrons. The number of hydrogen-bond donors (Lipinski definition) is 2. The lowest BCUT2D eigenvalue weighted by molar-refractivity contribution is 0.599. The van der Waals surface area contributed by atoms with Crippen LogP contribution in [0.5, 0.6) is 0 Å². The van der Waals surface area contributed by atoms with E-state index in [2.05, 4.69) is 25.0 Å². The first-order chi connectivity index (χ1) is 14.4. The third-order valence-electron chi connectivity index (χ3n) is 4.78.